The molecule has 0 aromatic heterocycles. The van der Waals surface area contributed by atoms with Crippen LogP contribution in [0.4, 0.5) is 0 Å². The van der Waals surface area contributed by atoms with Crippen molar-refractivity contribution in [3.05, 3.63) is 11.9 Å². The zero-order valence-electron chi connectivity index (χ0n) is 14.0. The Morgan fingerprint density at radius 1 is 1.14 bits per heavy atom. The fourth-order valence-corrected chi connectivity index (χ4v) is 2.44. The van der Waals surface area contributed by atoms with Crippen molar-refractivity contribution in [3.8, 4) is 0 Å². The highest BCUT2D eigenvalue weighted by Gasteiger charge is 2.29. The van der Waals surface area contributed by atoms with E-state index in [9.17, 15) is 9.59 Å². The van der Waals surface area contributed by atoms with Crippen LogP contribution in [0, 0.1) is 17.8 Å². The third-order valence-corrected chi connectivity index (χ3v) is 3.61. The number of esters is 2. The second-order valence-corrected chi connectivity index (χ2v) is 6.53. The zero-order chi connectivity index (χ0) is 16.4. The Balaban J connectivity index is 4.54. The summed E-state index contributed by atoms with van der Waals surface area (Å²) >= 11 is 0. The van der Waals surface area contributed by atoms with Gasteiger partial charge in [-0.3, -0.25) is 4.79 Å². The molecule has 0 aliphatic carbocycles. The van der Waals surface area contributed by atoms with Crippen LogP contribution in [-0.2, 0) is 19.1 Å². The number of rotatable bonds is 9. The molecule has 5 heteroatoms. The topological polar surface area (TPSA) is 52.6 Å². The summed E-state index contributed by atoms with van der Waals surface area (Å²) in [4.78, 5) is 23.9. The molecule has 0 heterocycles. The predicted molar refractivity (Wildman–Crippen MR) is 87.7 cm³/mol. The Bertz CT molecular complexity index is 352. The van der Waals surface area contributed by atoms with Gasteiger partial charge >= 0.3 is 11.9 Å². The summed E-state index contributed by atoms with van der Waals surface area (Å²) in [6.45, 7) is 11.7. The molecule has 122 valence electrons. The first kappa shape index (κ1) is 20.1. The molecule has 0 rings (SSSR count). The van der Waals surface area contributed by atoms with Crippen LogP contribution in [0.3, 0.4) is 0 Å². The summed E-state index contributed by atoms with van der Waals surface area (Å²) in [6, 6.07) is 0. The maximum atomic E-state index is 12.1. The second-order valence-electron chi connectivity index (χ2n) is 5.62. The van der Waals surface area contributed by atoms with Gasteiger partial charge < -0.3 is 9.47 Å². The maximum Gasteiger partial charge on any atom is 0.347 e. The quantitative estimate of drug-likeness (QED) is 0.482. The first-order valence-electron chi connectivity index (χ1n) is 7.54. The van der Waals surface area contributed by atoms with Gasteiger partial charge in [-0.1, -0.05) is 39.6 Å². The SMILES string of the molecule is CCOC(=O)C(OC(=O)C(C)CC(C)/C=C\PC)C(C)C. The van der Waals surface area contributed by atoms with E-state index in [0.29, 0.717) is 12.3 Å². The number of carbonyl (C=O) groups excluding carboxylic acids is 2. The van der Waals surface area contributed by atoms with Crippen molar-refractivity contribution in [2.24, 2.45) is 17.8 Å². The fourth-order valence-electron chi connectivity index (χ4n) is 1.92. The molecule has 0 N–H and O–H groups in total. The second kappa shape index (κ2) is 10.8. The Morgan fingerprint density at radius 3 is 2.24 bits per heavy atom. The Kier molecular flexibility index (Phi) is 10.3. The van der Waals surface area contributed by atoms with Crippen molar-refractivity contribution in [3.63, 3.8) is 0 Å². The van der Waals surface area contributed by atoms with Gasteiger partial charge in [0.25, 0.3) is 0 Å². The van der Waals surface area contributed by atoms with Crippen LogP contribution in [0.15, 0.2) is 11.9 Å². The van der Waals surface area contributed by atoms with E-state index in [1.807, 2.05) is 20.8 Å². The van der Waals surface area contributed by atoms with Crippen molar-refractivity contribution in [2.75, 3.05) is 13.3 Å². The molecule has 0 aliphatic rings. The van der Waals surface area contributed by atoms with Crippen LogP contribution in [0.1, 0.15) is 41.0 Å². The summed E-state index contributed by atoms with van der Waals surface area (Å²) in [5, 5.41) is 0. The summed E-state index contributed by atoms with van der Waals surface area (Å²) in [7, 11) is 0.773. The third-order valence-electron chi connectivity index (χ3n) is 3.09. The predicted octanol–water partition coefficient (Wildman–Crippen LogP) is 3.60. The third kappa shape index (κ3) is 8.21. The van der Waals surface area contributed by atoms with Gasteiger partial charge in [0.05, 0.1) is 12.5 Å². The van der Waals surface area contributed by atoms with E-state index < -0.39 is 12.1 Å². The minimum atomic E-state index is -0.817. The van der Waals surface area contributed by atoms with E-state index in [4.69, 9.17) is 9.47 Å². The molecule has 0 aromatic rings. The van der Waals surface area contributed by atoms with E-state index in [0.717, 1.165) is 8.58 Å². The van der Waals surface area contributed by atoms with Crippen molar-refractivity contribution in [1.29, 1.82) is 0 Å². The summed E-state index contributed by atoms with van der Waals surface area (Å²) < 4.78 is 10.3. The van der Waals surface area contributed by atoms with Gasteiger partial charge in [-0.05, 0) is 25.9 Å². The van der Waals surface area contributed by atoms with Crippen molar-refractivity contribution in [1.82, 2.24) is 0 Å². The molecular weight excluding hydrogens is 287 g/mol. The van der Waals surface area contributed by atoms with Crippen molar-refractivity contribution < 1.29 is 19.1 Å². The van der Waals surface area contributed by atoms with Gasteiger partial charge in [0.2, 0.25) is 6.10 Å². The smallest absolute Gasteiger partial charge is 0.347 e. The highest BCUT2D eigenvalue weighted by molar-refractivity contribution is 7.40. The van der Waals surface area contributed by atoms with E-state index >= 15 is 0 Å². The normalized spacial score (nSPS) is 16.3. The molecule has 0 fully saturated rings. The van der Waals surface area contributed by atoms with Crippen LogP contribution in [-0.4, -0.2) is 31.3 Å². The van der Waals surface area contributed by atoms with Gasteiger partial charge in [-0.25, -0.2) is 4.79 Å². The largest absolute Gasteiger partial charge is 0.463 e. The minimum absolute atomic E-state index is 0.0983. The number of carbonyl (C=O) groups is 2. The molecule has 0 bridgehead atoms. The standard InChI is InChI=1S/C16H29O4P/c1-7-19-16(18)14(11(2)3)20-15(17)13(5)10-12(4)8-9-21-6/h8-9,11-14,21H,7,10H2,1-6H3/b9-8-. The first-order chi connectivity index (χ1) is 9.83. The molecule has 0 saturated carbocycles. The lowest BCUT2D eigenvalue weighted by atomic mass is 9.97. The minimum Gasteiger partial charge on any atom is -0.463 e. The van der Waals surface area contributed by atoms with Crippen LogP contribution in [0.5, 0.6) is 0 Å². The Morgan fingerprint density at radius 2 is 1.76 bits per heavy atom. The number of hydrogen-bond acceptors (Lipinski definition) is 4. The molecule has 0 saturated heterocycles. The first-order valence-corrected chi connectivity index (χ1v) is 9.12. The molecule has 0 aromatic carbocycles. The summed E-state index contributed by atoms with van der Waals surface area (Å²) in [6.07, 6.45) is 2.02. The zero-order valence-corrected chi connectivity index (χ0v) is 15.0. The highest BCUT2D eigenvalue weighted by Crippen LogP contribution is 2.19. The molecule has 0 radical (unpaired) electrons. The number of ether oxygens (including phenoxy) is 2. The molecule has 4 unspecified atom stereocenters. The molecule has 0 spiro atoms. The Hall–Kier alpha value is -0.890. The molecule has 0 amide bonds. The van der Waals surface area contributed by atoms with Crippen LogP contribution in [0.2, 0.25) is 0 Å². The molecular formula is C16H29O4P. The van der Waals surface area contributed by atoms with E-state index in [1.54, 1.807) is 6.92 Å². The van der Waals surface area contributed by atoms with E-state index in [-0.39, 0.29) is 24.4 Å². The van der Waals surface area contributed by atoms with Gasteiger partial charge in [-0.15, -0.1) is 8.58 Å². The lowest BCUT2D eigenvalue weighted by molar-refractivity contribution is -0.173. The fraction of sp³-hybridized carbons (Fsp3) is 0.750. The van der Waals surface area contributed by atoms with Crippen molar-refractivity contribution in [2.45, 2.75) is 47.1 Å². The Labute approximate surface area is 130 Å². The summed E-state index contributed by atoms with van der Waals surface area (Å²) in [5.74, 6) is 1.31. The molecule has 21 heavy (non-hydrogen) atoms. The van der Waals surface area contributed by atoms with Gasteiger partial charge in [0, 0.05) is 5.92 Å². The number of allylic oxidation sites excluding steroid dienone is 1. The van der Waals surface area contributed by atoms with Crippen LogP contribution >= 0.6 is 8.58 Å². The monoisotopic (exact) mass is 316 g/mol. The number of hydrogen-bond donors (Lipinski definition) is 0. The highest BCUT2D eigenvalue weighted by atomic mass is 31.1. The van der Waals surface area contributed by atoms with Crippen LogP contribution in [0.25, 0.3) is 0 Å². The van der Waals surface area contributed by atoms with Gasteiger partial charge in [-0.2, -0.15) is 0 Å². The van der Waals surface area contributed by atoms with Crippen molar-refractivity contribution >= 4 is 20.5 Å². The van der Waals surface area contributed by atoms with Gasteiger partial charge in [0.15, 0.2) is 0 Å². The molecule has 4 atom stereocenters. The lowest BCUT2D eigenvalue weighted by Crippen LogP contribution is -2.35. The van der Waals surface area contributed by atoms with Gasteiger partial charge in [0.1, 0.15) is 0 Å². The average Bonchev–Trinajstić information content (AvgIpc) is 2.41. The molecule has 4 nitrogen and oxygen atoms in total. The lowest BCUT2D eigenvalue weighted by Gasteiger charge is -2.22. The molecule has 0 aliphatic heterocycles. The van der Waals surface area contributed by atoms with Crippen LogP contribution < -0.4 is 0 Å². The maximum absolute atomic E-state index is 12.1. The average molecular weight is 316 g/mol. The summed E-state index contributed by atoms with van der Waals surface area (Å²) in [5.41, 5.74) is 0. The van der Waals surface area contributed by atoms with E-state index in [1.165, 1.54) is 0 Å². The van der Waals surface area contributed by atoms with E-state index in [2.05, 4.69) is 25.5 Å².